The number of guanidine groups is 1. The predicted octanol–water partition coefficient (Wildman–Crippen LogP) is 2.75. The number of aliphatic imine (C=N–C) groups is 1. The summed E-state index contributed by atoms with van der Waals surface area (Å²) in [5.74, 6) is 1.71. The summed E-state index contributed by atoms with van der Waals surface area (Å²) < 4.78 is 5.25. The SMILES string of the molecule is CN=C(NCCCCC(C)(C)C)N1CCC(COC)C1. The highest BCUT2D eigenvalue weighted by Gasteiger charge is 2.24. The first-order valence-electron chi connectivity index (χ1n) is 7.91. The third-order valence-corrected chi connectivity index (χ3v) is 3.84. The molecule has 0 aromatic carbocycles. The van der Waals surface area contributed by atoms with E-state index in [-0.39, 0.29) is 0 Å². The van der Waals surface area contributed by atoms with Crippen molar-refractivity contribution in [2.45, 2.75) is 46.5 Å². The van der Waals surface area contributed by atoms with E-state index in [1.165, 1.54) is 25.7 Å². The fraction of sp³-hybridized carbons (Fsp3) is 0.938. The van der Waals surface area contributed by atoms with Gasteiger partial charge >= 0.3 is 0 Å². The van der Waals surface area contributed by atoms with Gasteiger partial charge in [0.15, 0.2) is 5.96 Å². The molecule has 0 radical (unpaired) electrons. The van der Waals surface area contributed by atoms with Gasteiger partial charge in [-0.3, -0.25) is 4.99 Å². The lowest BCUT2D eigenvalue weighted by atomic mass is 9.90. The molecule has 1 unspecified atom stereocenters. The summed E-state index contributed by atoms with van der Waals surface area (Å²) in [6.07, 6.45) is 4.98. The maximum Gasteiger partial charge on any atom is 0.193 e. The van der Waals surface area contributed by atoms with Crippen molar-refractivity contribution in [3.05, 3.63) is 0 Å². The molecule has 0 spiro atoms. The van der Waals surface area contributed by atoms with E-state index in [1.54, 1.807) is 7.11 Å². The molecule has 0 aromatic rings. The molecular weight excluding hydrogens is 250 g/mol. The second-order valence-corrected chi connectivity index (χ2v) is 7.05. The first-order valence-corrected chi connectivity index (χ1v) is 7.91. The van der Waals surface area contributed by atoms with Crippen LogP contribution >= 0.6 is 0 Å². The molecule has 1 aliphatic heterocycles. The zero-order valence-electron chi connectivity index (χ0n) is 14.0. The maximum absolute atomic E-state index is 5.25. The molecule has 20 heavy (non-hydrogen) atoms. The topological polar surface area (TPSA) is 36.9 Å². The van der Waals surface area contributed by atoms with Gasteiger partial charge in [0.05, 0.1) is 6.61 Å². The molecule has 0 aliphatic carbocycles. The Morgan fingerprint density at radius 3 is 2.70 bits per heavy atom. The first kappa shape index (κ1) is 17.3. The highest BCUT2D eigenvalue weighted by molar-refractivity contribution is 5.80. The second-order valence-electron chi connectivity index (χ2n) is 7.05. The van der Waals surface area contributed by atoms with E-state index in [2.05, 4.69) is 36.0 Å². The second kappa shape index (κ2) is 8.50. The molecule has 4 heteroatoms. The summed E-state index contributed by atoms with van der Waals surface area (Å²) in [6.45, 7) is 11.0. The Bertz CT molecular complexity index is 297. The van der Waals surface area contributed by atoms with E-state index in [0.717, 1.165) is 32.2 Å². The molecule has 1 rings (SSSR count). The van der Waals surface area contributed by atoms with Crippen LogP contribution in [0.5, 0.6) is 0 Å². The Hall–Kier alpha value is -0.770. The minimum atomic E-state index is 0.448. The van der Waals surface area contributed by atoms with Gasteiger partial charge in [0.25, 0.3) is 0 Å². The van der Waals surface area contributed by atoms with Gasteiger partial charge in [0.1, 0.15) is 0 Å². The zero-order valence-corrected chi connectivity index (χ0v) is 14.0. The quantitative estimate of drug-likeness (QED) is 0.463. The number of nitrogens with one attached hydrogen (secondary N) is 1. The van der Waals surface area contributed by atoms with Gasteiger partial charge in [-0.05, 0) is 24.7 Å². The van der Waals surface area contributed by atoms with Gasteiger partial charge in [0, 0.05) is 39.7 Å². The fourth-order valence-electron chi connectivity index (χ4n) is 2.71. The molecule has 4 nitrogen and oxygen atoms in total. The van der Waals surface area contributed by atoms with E-state index >= 15 is 0 Å². The molecule has 0 amide bonds. The van der Waals surface area contributed by atoms with E-state index in [0.29, 0.717) is 11.3 Å². The van der Waals surface area contributed by atoms with E-state index in [1.807, 2.05) is 7.05 Å². The van der Waals surface area contributed by atoms with Gasteiger partial charge in [-0.25, -0.2) is 0 Å². The van der Waals surface area contributed by atoms with Crippen LogP contribution in [0.25, 0.3) is 0 Å². The van der Waals surface area contributed by atoms with Gasteiger partial charge in [-0.2, -0.15) is 0 Å². The molecular formula is C16H33N3O. The number of rotatable bonds is 6. The van der Waals surface area contributed by atoms with Crippen molar-refractivity contribution in [3.63, 3.8) is 0 Å². The lowest BCUT2D eigenvalue weighted by Gasteiger charge is -2.22. The van der Waals surface area contributed by atoms with E-state index in [9.17, 15) is 0 Å². The Kier molecular flexibility index (Phi) is 7.35. The summed E-state index contributed by atoms with van der Waals surface area (Å²) in [6, 6.07) is 0. The highest BCUT2D eigenvalue weighted by Crippen LogP contribution is 2.21. The molecule has 1 N–H and O–H groups in total. The lowest BCUT2D eigenvalue weighted by molar-refractivity contribution is 0.157. The van der Waals surface area contributed by atoms with Crippen LogP contribution in [0.3, 0.4) is 0 Å². The van der Waals surface area contributed by atoms with Crippen molar-refractivity contribution in [1.29, 1.82) is 0 Å². The van der Waals surface area contributed by atoms with Crippen LogP contribution in [-0.4, -0.2) is 51.3 Å². The Morgan fingerprint density at radius 1 is 1.35 bits per heavy atom. The molecule has 0 saturated carbocycles. The largest absolute Gasteiger partial charge is 0.384 e. The van der Waals surface area contributed by atoms with Crippen LogP contribution in [0.4, 0.5) is 0 Å². The number of unbranched alkanes of at least 4 members (excludes halogenated alkanes) is 1. The minimum absolute atomic E-state index is 0.448. The van der Waals surface area contributed by atoms with Gasteiger partial charge in [0.2, 0.25) is 0 Å². The molecule has 1 heterocycles. The molecule has 1 atom stereocenters. The molecule has 1 fully saturated rings. The number of hydrogen-bond acceptors (Lipinski definition) is 2. The number of ether oxygens (including phenoxy) is 1. The highest BCUT2D eigenvalue weighted by atomic mass is 16.5. The maximum atomic E-state index is 5.25. The molecule has 0 aromatic heterocycles. The van der Waals surface area contributed by atoms with E-state index in [4.69, 9.17) is 4.74 Å². The van der Waals surface area contributed by atoms with Crippen LogP contribution in [0.15, 0.2) is 4.99 Å². The fourth-order valence-corrected chi connectivity index (χ4v) is 2.71. The van der Waals surface area contributed by atoms with Crippen molar-refractivity contribution in [3.8, 4) is 0 Å². The van der Waals surface area contributed by atoms with Crippen LogP contribution < -0.4 is 5.32 Å². The monoisotopic (exact) mass is 283 g/mol. The van der Waals surface area contributed by atoms with Crippen LogP contribution in [0, 0.1) is 11.3 Å². The Labute approximate surface area is 125 Å². The summed E-state index contributed by atoms with van der Waals surface area (Å²) in [5.41, 5.74) is 0.448. The van der Waals surface area contributed by atoms with Crippen LogP contribution in [0.2, 0.25) is 0 Å². The van der Waals surface area contributed by atoms with Crippen LogP contribution in [-0.2, 0) is 4.74 Å². The van der Waals surface area contributed by atoms with Crippen molar-refractivity contribution in [2.24, 2.45) is 16.3 Å². The van der Waals surface area contributed by atoms with Gasteiger partial charge in [-0.1, -0.05) is 27.2 Å². The summed E-state index contributed by atoms with van der Waals surface area (Å²) >= 11 is 0. The average Bonchev–Trinajstić information content (AvgIpc) is 2.81. The van der Waals surface area contributed by atoms with Crippen molar-refractivity contribution < 1.29 is 4.74 Å². The van der Waals surface area contributed by atoms with E-state index < -0.39 is 0 Å². The summed E-state index contributed by atoms with van der Waals surface area (Å²) in [7, 11) is 3.66. The summed E-state index contributed by atoms with van der Waals surface area (Å²) in [5, 5.41) is 3.50. The van der Waals surface area contributed by atoms with Gasteiger partial charge < -0.3 is 15.0 Å². The third-order valence-electron chi connectivity index (χ3n) is 3.84. The average molecular weight is 283 g/mol. The number of likely N-dealkylation sites (tertiary alicyclic amines) is 1. The normalized spacial score (nSPS) is 20.6. The number of hydrogen-bond donors (Lipinski definition) is 1. The molecule has 1 saturated heterocycles. The first-order chi connectivity index (χ1) is 9.46. The zero-order chi connectivity index (χ0) is 15.0. The van der Waals surface area contributed by atoms with Crippen molar-refractivity contribution in [1.82, 2.24) is 10.2 Å². The standard InChI is InChI=1S/C16H33N3O/c1-16(2,3)9-6-7-10-18-15(17-4)19-11-8-14(12-19)13-20-5/h14H,6-13H2,1-5H3,(H,17,18). The predicted molar refractivity (Wildman–Crippen MR) is 86.2 cm³/mol. The number of nitrogens with zero attached hydrogens (tertiary/aromatic N) is 2. The Morgan fingerprint density at radius 2 is 2.10 bits per heavy atom. The van der Waals surface area contributed by atoms with Crippen molar-refractivity contribution >= 4 is 5.96 Å². The molecule has 0 bridgehead atoms. The smallest absolute Gasteiger partial charge is 0.193 e. The van der Waals surface area contributed by atoms with Crippen molar-refractivity contribution in [2.75, 3.05) is 40.4 Å². The number of methoxy groups -OCH3 is 1. The lowest BCUT2D eigenvalue weighted by Crippen LogP contribution is -2.40. The van der Waals surface area contributed by atoms with Crippen LogP contribution in [0.1, 0.15) is 46.5 Å². The van der Waals surface area contributed by atoms with Gasteiger partial charge in [-0.15, -0.1) is 0 Å². The summed E-state index contributed by atoms with van der Waals surface area (Å²) in [4.78, 5) is 6.76. The molecule has 1 aliphatic rings. The third kappa shape index (κ3) is 6.60. The Balaban J connectivity index is 2.21. The minimum Gasteiger partial charge on any atom is -0.384 e. The molecule has 118 valence electrons.